The molecule has 2 N–H and O–H groups in total. The number of ketones is 1. The number of rotatable bonds is 15. The van der Waals surface area contributed by atoms with Crippen LogP contribution in [0.2, 0.25) is 0 Å². The van der Waals surface area contributed by atoms with Gasteiger partial charge in [-0.2, -0.15) is 0 Å². The highest BCUT2D eigenvalue weighted by atomic mass is 16.5. The molecular formula is C31H41N5O5. The standard InChI is InChI=1S/C31H41N5O5/c1-35(12-13-39-2)31-16-24(15-30(34-31)33-25-4-3-5-25)29(38)9-7-26(37)19-36-11-10-22-14-27(8-6-23(22)18-36)40-20-28-17-32-21-41-28/h6,8,14-17,21,25-26,37H,3-5,7,9-13,18-20H2,1-2H3,(H,33,34)/t26-/m0/s1. The van der Waals surface area contributed by atoms with Gasteiger partial charge in [-0.05, 0) is 67.5 Å². The molecule has 3 heterocycles. The third kappa shape index (κ3) is 8.06. The first-order valence-electron chi connectivity index (χ1n) is 14.5. The number of likely N-dealkylation sites (N-methyl/N-ethyl adjacent to an activating group) is 1. The highest BCUT2D eigenvalue weighted by molar-refractivity contribution is 5.97. The smallest absolute Gasteiger partial charge is 0.181 e. The quantitative estimate of drug-likeness (QED) is 0.262. The van der Waals surface area contributed by atoms with Crippen molar-refractivity contribution < 1.29 is 23.8 Å². The van der Waals surface area contributed by atoms with Crippen molar-refractivity contribution in [2.45, 2.75) is 63.8 Å². The second-order valence-electron chi connectivity index (χ2n) is 11.1. The monoisotopic (exact) mass is 563 g/mol. The van der Waals surface area contributed by atoms with Gasteiger partial charge in [0.05, 0.1) is 18.9 Å². The molecule has 0 amide bonds. The normalized spacial score (nSPS) is 16.1. The van der Waals surface area contributed by atoms with Crippen LogP contribution in [0.15, 0.2) is 47.3 Å². The van der Waals surface area contributed by atoms with E-state index in [4.69, 9.17) is 18.9 Å². The van der Waals surface area contributed by atoms with Crippen LogP contribution in [0.3, 0.4) is 0 Å². The summed E-state index contributed by atoms with van der Waals surface area (Å²) in [6, 6.07) is 10.3. The molecule has 1 atom stereocenters. The van der Waals surface area contributed by atoms with E-state index >= 15 is 0 Å². The molecule has 1 saturated carbocycles. The zero-order valence-electron chi connectivity index (χ0n) is 24.1. The fraction of sp³-hybridized carbons (Fsp3) is 0.516. The van der Waals surface area contributed by atoms with E-state index in [9.17, 15) is 9.90 Å². The Labute approximate surface area is 241 Å². The lowest BCUT2D eigenvalue weighted by molar-refractivity contribution is 0.0836. The topological polar surface area (TPSA) is 113 Å². The first-order valence-corrected chi connectivity index (χ1v) is 14.5. The molecule has 1 aliphatic carbocycles. The third-order valence-corrected chi connectivity index (χ3v) is 7.92. The molecule has 1 aromatic carbocycles. The summed E-state index contributed by atoms with van der Waals surface area (Å²) < 4.78 is 16.3. The molecule has 3 aromatic rings. The van der Waals surface area contributed by atoms with Crippen LogP contribution < -0.4 is 15.0 Å². The van der Waals surface area contributed by atoms with Crippen LogP contribution in [0.5, 0.6) is 5.75 Å². The summed E-state index contributed by atoms with van der Waals surface area (Å²) in [6.45, 7) is 3.75. The minimum atomic E-state index is -0.580. The molecule has 1 aliphatic heterocycles. The van der Waals surface area contributed by atoms with Gasteiger partial charge in [-0.1, -0.05) is 6.07 Å². The maximum absolute atomic E-state index is 13.2. The number of β-amino-alcohol motifs (C(OH)–C–C–N with tert-alkyl or cyclic N) is 1. The summed E-state index contributed by atoms with van der Waals surface area (Å²) in [7, 11) is 3.63. The summed E-state index contributed by atoms with van der Waals surface area (Å²) >= 11 is 0. The average molecular weight is 564 g/mol. The number of ether oxygens (including phenoxy) is 2. The Hall–Kier alpha value is -3.47. The number of carbonyl (C=O) groups is 1. The molecule has 0 unspecified atom stereocenters. The van der Waals surface area contributed by atoms with Crippen molar-refractivity contribution in [3.63, 3.8) is 0 Å². The number of Topliss-reactive ketones (excluding diaryl/α,β-unsaturated/α-hetero) is 1. The number of pyridine rings is 1. The first-order chi connectivity index (χ1) is 20.0. The van der Waals surface area contributed by atoms with E-state index in [1.54, 1.807) is 13.3 Å². The molecule has 0 saturated heterocycles. The molecule has 1 fully saturated rings. The van der Waals surface area contributed by atoms with Crippen molar-refractivity contribution in [2.75, 3.05) is 50.6 Å². The van der Waals surface area contributed by atoms with Gasteiger partial charge in [0, 0.05) is 58.4 Å². The number of fused-ring (bicyclic) bond motifs is 1. The lowest BCUT2D eigenvalue weighted by atomic mass is 9.93. The van der Waals surface area contributed by atoms with Gasteiger partial charge < -0.3 is 29.2 Å². The van der Waals surface area contributed by atoms with Crippen LogP contribution in [0.25, 0.3) is 0 Å². The number of methoxy groups -OCH3 is 1. The molecule has 10 nitrogen and oxygen atoms in total. The molecule has 0 bridgehead atoms. The van der Waals surface area contributed by atoms with E-state index < -0.39 is 6.10 Å². The summed E-state index contributed by atoms with van der Waals surface area (Å²) in [5.41, 5.74) is 3.12. The molecule has 2 aliphatic rings. The number of hydrogen-bond acceptors (Lipinski definition) is 10. The Kier molecular flexibility index (Phi) is 9.87. The summed E-state index contributed by atoms with van der Waals surface area (Å²) in [5.74, 6) is 2.99. The van der Waals surface area contributed by atoms with Crippen LogP contribution in [0.4, 0.5) is 11.6 Å². The molecule has 0 radical (unpaired) electrons. The number of aliphatic hydroxyl groups is 1. The van der Waals surface area contributed by atoms with E-state index in [1.807, 2.05) is 30.1 Å². The zero-order valence-corrected chi connectivity index (χ0v) is 24.1. The Balaban J connectivity index is 1.13. The van der Waals surface area contributed by atoms with Crippen molar-refractivity contribution in [3.8, 4) is 5.75 Å². The largest absolute Gasteiger partial charge is 0.486 e. The summed E-state index contributed by atoms with van der Waals surface area (Å²) in [4.78, 5) is 26.1. The summed E-state index contributed by atoms with van der Waals surface area (Å²) in [5, 5.41) is 14.3. The number of carbonyl (C=O) groups excluding carboxylic acids is 1. The van der Waals surface area contributed by atoms with Crippen LogP contribution in [-0.4, -0.2) is 78.3 Å². The Morgan fingerprint density at radius 1 is 1.27 bits per heavy atom. The SMILES string of the molecule is COCCN(C)c1cc(C(=O)CC[C@H](O)CN2CCc3cc(OCc4cnco4)ccc3C2)cc(NC2CCC2)n1. The van der Waals surface area contributed by atoms with E-state index in [2.05, 4.69) is 27.3 Å². The third-order valence-electron chi connectivity index (χ3n) is 7.92. The van der Waals surface area contributed by atoms with Crippen molar-refractivity contribution >= 4 is 17.4 Å². The van der Waals surface area contributed by atoms with Crippen LogP contribution >= 0.6 is 0 Å². The van der Waals surface area contributed by atoms with Gasteiger partial charge in [-0.3, -0.25) is 9.69 Å². The number of nitrogens with zero attached hydrogens (tertiary/aromatic N) is 4. The Bertz CT molecular complexity index is 1280. The second kappa shape index (κ2) is 13.9. The fourth-order valence-electron chi connectivity index (χ4n) is 5.18. The maximum Gasteiger partial charge on any atom is 0.181 e. The van der Waals surface area contributed by atoms with Crippen molar-refractivity contribution in [1.29, 1.82) is 0 Å². The van der Waals surface area contributed by atoms with E-state index in [0.717, 1.165) is 49.7 Å². The summed E-state index contributed by atoms with van der Waals surface area (Å²) in [6.07, 6.45) is 7.52. The lowest BCUT2D eigenvalue weighted by Crippen LogP contribution is -2.36. The van der Waals surface area contributed by atoms with Gasteiger partial charge in [0.1, 0.15) is 24.0 Å². The molecule has 10 heteroatoms. The number of aromatic nitrogens is 2. The number of hydrogen-bond donors (Lipinski definition) is 2. The van der Waals surface area contributed by atoms with Crippen molar-refractivity contribution in [3.05, 3.63) is 65.4 Å². The predicted molar refractivity (Wildman–Crippen MR) is 156 cm³/mol. The number of anilines is 2. The van der Waals surface area contributed by atoms with Gasteiger partial charge in [0.2, 0.25) is 0 Å². The Morgan fingerprint density at radius 3 is 2.90 bits per heavy atom. The molecule has 0 spiro atoms. The van der Waals surface area contributed by atoms with Gasteiger partial charge in [-0.15, -0.1) is 0 Å². The number of benzene rings is 1. The fourth-order valence-corrected chi connectivity index (χ4v) is 5.18. The van der Waals surface area contributed by atoms with Crippen LogP contribution in [-0.2, 0) is 24.3 Å². The van der Waals surface area contributed by atoms with E-state index in [0.29, 0.717) is 50.1 Å². The molecule has 41 heavy (non-hydrogen) atoms. The Morgan fingerprint density at radius 2 is 2.15 bits per heavy atom. The number of nitrogens with one attached hydrogen (secondary N) is 1. The highest BCUT2D eigenvalue weighted by Gasteiger charge is 2.22. The van der Waals surface area contributed by atoms with E-state index in [1.165, 1.54) is 23.9 Å². The molecule has 220 valence electrons. The molecular weight excluding hydrogens is 522 g/mol. The lowest BCUT2D eigenvalue weighted by Gasteiger charge is -2.30. The van der Waals surface area contributed by atoms with E-state index in [-0.39, 0.29) is 12.2 Å². The first kappa shape index (κ1) is 29.0. The van der Waals surface area contributed by atoms with Crippen molar-refractivity contribution in [1.82, 2.24) is 14.9 Å². The van der Waals surface area contributed by atoms with Crippen LogP contribution in [0, 0.1) is 0 Å². The van der Waals surface area contributed by atoms with Gasteiger partial charge in [0.25, 0.3) is 0 Å². The zero-order chi connectivity index (χ0) is 28.6. The highest BCUT2D eigenvalue weighted by Crippen LogP contribution is 2.27. The van der Waals surface area contributed by atoms with Gasteiger partial charge >= 0.3 is 0 Å². The van der Waals surface area contributed by atoms with Crippen LogP contribution in [0.1, 0.15) is 59.3 Å². The predicted octanol–water partition coefficient (Wildman–Crippen LogP) is 4.08. The molecule has 2 aromatic heterocycles. The van der Waals surface area contributed by atoms with Gasteiger partial charge in [-0.25, -0.2) is 9.97 Å². The van der Waals surface area contributed by atoms with Crippen molar-refractivity contribution in [2.24, 2.45) is 0 Å². The second-order valence-corrected chi connectivity index (χ2v) is 11.1. The number of oxazole rings is 1. The molecule has 5 rings (SSSR count). The maximum atomic E-state index is 13.2. The average Bonchev–Trinajstić information content (AvgIpc) is 3.49. The minimum absolute atomic E-state index is 0.0198. The van der Waals surface area contributed by atoms with Gasteiger partial charge in [0.15, 0.2) is 17.9 Å². The number of aliphatic hydroxyl groups excluding tert-OH is 1. The minimum Gasteiger partial charge on any atom is -0.486 e.